The van der Waals surface area contributed by atoms with Crippen molar-refractivity contribution in [2.24, 2.45) is 0 Å². The zero-order chi connectivity index (χ0) is 17.2. The van der Waals surface area contributed by atoms with Crippen molar-refractivity contribution in [3.63, 3.8) is 0 Å². The van der Waals surface area contributed by atoms with Crippen molar-refractivity contribution >= 4 is 16.9 Å². The Kier molecular flexibility index (Phi) is 4.21. The van der Waals surface area contributed by atoms with E-state index in [9.17, 15) is 4.79 Å². The first-order valence-corrected chi connectivity index (χ1v) is 8.54. The van der Waals surface area contributed by atoms with E-state index in [-0.39, 0.29) is 11.9 Å². The predicted octanol–water partition coefficient (Wildman–Crippen LogP) is 2.59. The SMILES string of the molecule is CC(NC(=O)c1ccc(C2CCNN2)cc1)c1nc2ccccc2[nH]1. The van der Waals surface area contributed by atoms with Crippen LogP contribution in [0.15, 0.2) is 48.5 Å². The van der Waals surface area contributed by atoms with Gasteiger partial charge >= 0.3 is 0 Å². The summed E-state index contributed by atoms with van der Waals surface area (Å²) in [5.74, 6) is 0.657. The van der Waals surface area contributed by atoms with Crippen molar-refractivity contribution in [1.29, 1.82) is 0 Å². The van der Waals surface area contributed by atoms with E-state index >= 15 is 0 Å². The number of aromatic amines is 1. The smallest absolute Gasteiger partial charge is 0.251 e. The monoisotopic (exact) mass is 335 g/mol. The van der Waals surface area contributed by atoms with Crippen LogP contribution >= 0.6 is 0 Å². The van der Waals surface area contributed by atoms with Crippen molar-refractivity contribution in [3.05, 3.63) is 65.5 Å². The summed E-state index contributed by atoms with van der Waals surface area (Å²) in [6.45, 7) is 2.89. The predicted molar refractivity (Wildman–Crippen MR) is 96.9 cm³/mol. The van der Waals surface area contributed by atoms with Gasteiger partial charge in [-0.2, -0.15) is 0 Å². The number of H-pyrrole nitrogens is 1. The molecule has 4 rings (SSSR count). The van der Waals surface area contributed by atoms with E-state index in [1.807, 2.05) is 55.5 Å². The number of para-hydroxylation sites is 2. The number of benzene rings is 2. The van der Waals surface area contributed by atoms with Gasteiger partial charge in [-0.15, -0.1) is 0 Å². The minimum Gasteiger partial charge on any atom is -0.342 e. The molecular formula is C19H21N5O. The molecule has 0 bridgehead atoms. The molecule has 1 amide bonds. The molecule has 0 aliphatic carbocycles. The lowest BCUT2D eigenvalue weighted by molar-refractivity contribution is 0.0938. The van der Waals surface area contributed by atoms with Crippen LogP contribution in [0.1, 0.15) is 47.2 Å². The second-order valence-corrected chi connectivity index (χ2v) is 6.37. The molecule has 1 aromatic heterocycles. The van der Waals surface area contributed by atoms with Gasteiger partial charge < -0.3 is 10.3 Å². The van der Waals surface area contributed by atoms with E-state index < -0.39 is 0 Å². The highest BCUT2D eigenvalue weighted by molar-refractivity contribution is 5.94. The Labute approximate surface area is 146 Å². The molecule has 1 aliphatic heterocycles. The lowest BCUT2D eigenvalue weighted by Crippen LogP contribution is -2.27. The first kappa shape index (κ1) is 15.8. The van der Waals surface area contributed by atoms with Crippen LogP contribution in [0.25, 0.3) is 11.0 Å². The van der Waals surface area contributed by atoms with Crippen LogP contribution in [-0.2, 0) is 0 Å². The van der Waals surface area contributed by atoms with Crippen LogP contribution in [0.3, 0.4) is 0 Å². The summed E-state index contributed by atoms with van der Waals surface area (Å²) in [7, 11) is 0. The van der Waals surface area contributed by atoms with Gasteiger partial charge in [-0.3, -0.25) is 15.6 Å². The van der Waals surface area contributed by atoms with Gasteiger partial charge in [0.2, 0.25) is 0 Å². The molecule has 0 saturated carbocycles. The van der Waals surface area contributed by atoms with E-state index in [2.05, 4.69) is 26.1 Å². The molecule has 4 N–H and O–H groups in total. The van der Waals surface area contributed by atoms with Crippen LogP contribution in [0, 0.1) is 0 Å². The Morgan fingerprint density at radius 2 is 2.00 bits per heavy atom. The number of carbonyl (C=O) groups excluding carboxylic acids is 1. The van der Waals surface area contributed by atoms with Crippen molar-refractivity contribution in [1.82, 2.24) is 26.1 Å². The first-order valence-electron chi connectivity index (χ1n) is 8.54. The molecule has 0 radical (unpaired) electrons. The minimum absolute atomic E-state index is 0.1000. The maximum atomic E-state index is 12.5. The Balaban J connectivity index is 1.45. The van der Waals surface area contributed by atoms with Gasteiger partial charge in [0.05, 0.1) is 17.1 Å². The third-order valence-corrected chi connectivity index (χ3v) is 4.57. The molecule has 2 aromatic carbocycles. The van der Waals surface area contributed by atoms with Crippen LogP contribution in [0.4, 0.5) is 0 Å². The highest BCUT2D eigenvalue weighted by Gasteiger charge is 2.18. The Hall–Kier alpha value is -2.70. The summed E-state index contributed by atoms with van der Waals surface area (Å²) < 4.78 is 0. The molecule has 2 unspecified atom stereocenters. The summed E-state index contributed by atoms with van der Waals surface area (Å²) in [6, 6.07) is 15.7. The Morgan fingerprint density at radius 3 is 2.72 bits per heavy atom. The number of nitrogens with zero attached hydrogens (tertiary/aromatic N) is 1. The number of hydrogen-bond acceptors (Lipinski definition) is 4. The summed E-state index contributed by atoms with van der Waals surface area (Å²) in [4.78, 5) is 20.3. The lowest BCUT2D eigenvalue weighted by atomic mass is 10.0. The maximum Gasteiger partial charge on any atom is 0.251 e. The molecule has 1 fully saturated rings. The van der Waals surface area contributed by atoms with E-state index in [4.69, 9.17) is 0 Å². The normalized spacial score (nSPS) is 18.4. The number of carbonyl (C=O) groups is 1. The van der Waals surface area contributed by atoms with Gasteiger partial charge in [0, 0.05) is 18.2 Å². The van der Waals surface area contributed by atoms with Gasteiger partial charge in [0.15, 0.2) is 0 Å². The van der Waals surface area contributed by atoms with Crippen LogP contribution < -0.4 is 16.2 Å². The number of aromatic nitrogens is 2. The fraction of sp³-hybridized carbons (Fsp3) is 0.263. The molecule has 25 heavy (non-hydrogen) atoms. The molecule has 128 valence electrons. The number of amides is 1. The zero-order valence-electron chi connectivity index (χ0n) is 14.0. The van der Waals surface area contributed by atoms with Crippen LogP contribution in [0.2, 0.25) is 0 Å². The van der Waals surface area contributed by atoms with E-state index in [0.717, 1.165) is 29.8 Å². The van der Waals surface area contributed by atoms with Gasteiger partial charge in [-0.25, -0.2) is 4.98 Å². The average molecular weight is 335 g/mol. The van der Waals surface area contributed by atoms with Crippen molar-refractivity contribution in [3.8, 4) is 0 Å². The second kappa shape index (κ2) is 6.66. The van der Waals surface area contributed by atoms with Crippen molar-refractivity contribution in [2.45, 2.75) is 25.4 Å². The number of imidazole rings is 1. The molecule has 3 aromatic rings. The molecule has 1 aliphatic rings. The summed E-state index contributed by atoms with van der Waals surface area (Å²) in [5, 5.41) is 3.00. The number of nitrogens with one attached hydrogen (secondary N) is 4. The minimum atomic E-state index is -0.194. The third kappa shape index (κ3) is 3.26. The van der Waals surface area contributed by atoms with Gasteiger partial charge in [-0.05, 0) is 43.2 Å². The van der Waals surface area contributed by atoms with E-state index in [1.165, 1.54) is 5.56 Å². The number of hydrazine groups is 1. The van der Waals surface area contributed by atoms with E-state index in [0.29, 0.717) is 11.6 Å². The second-order valence-electron chi connectivity index (χ2n) is 6.37. The molecule has 6 heteroatoms. The first-order chi connectivity index (χ1) is 12.2. The number of rotatable bonds is 4. The largest absolute Gasteiger partial charge is 0.342 e. The Morgan fingerprint density at radius 1 is 1.20 bits per heavy atom. The van der Waals surface area contributed by atoms with Gasteiger partial charge in [0.1, 0.15) is 5.82 Å². The van der Waals surface area contributed by atoms with Crippen molar-refractivity contribution in [2.75, 3.05) is 6.54 Å². The quantitative estimate of drug-likeness (QED) is 0.591. The van der Waals surface area contributed by atoms with Crippen LogP contribution in [0.5, 0.6) is 0 Å². The van der Waals surface area contributed by atoms with Gasteiger partial charge in [0.25, 0.3) is 5.91 Å². The molecule has 6 nitrogen and oxygen atoms in total. The van der Waals surface area contributed by atoms with Gasteiger partial charge in [-0.1, -0.05) is 24.3 Å². The fourth-order valence-corrected chi connectivity index (χ4v) is 3.13. The lowest BCUT2D eigenvalue weighted by Gasteiger charge is -2.13. The maximum absolute atomic E-state index is 12.5. The molecule has 1 saturated heterocycles. The summed E-state index contributed by atoms with van der Waals surface area (Å²) >= 11 is 0. The topological polar surface area (TPSA) is 81.8 Å². The number of fused-ring (bicyclic) bond motifs is 1. The molecule has 2 atom stereocenters. The average Bonchev–Trinajstić information content (AvgIpc) is 3.31. The van der Waals surface area contributed by atoms with E-state index in [1.54, 1.807) is 0 Å². The Bertz CT molecular complexity index is 847. The molecular weight excluding hydrogens is 314 g/mol. The fourth-order valence-electron chi connectivity index (χ4n) is 3.13. The number of hydrogen-bond donors (Lipinski definition) is 4. The molecule has 0 spiro atoms. The summed E-state index contributed by atoms with van der Waals surface area (Å²) in [6.07, 6.45) is 1.05. The highest BCUT2D eigenvalue weighted by atomic mass is 16.1. The third-order valence-electron chi connectivity index (χ3n) is 4.57. The van der Waals surface area contributed by atoms with Crippen molar-refractivity contribution < 1.29 is 4.79 Å². The van der Waals surface area contributed by atoms with Crippen LogP contribution in [-0.4, -0.2) is 22.4 Å². The zero-order valence-corrected chi connectivity index (χ0v) is 14.0. The summed E-state index contributed by atoms with van der Waals surface area (Å²) in [5.41, 5.74) is 10.1. The highest BCUT2D eigenvalue weighted by Crippen LogP contribution is 2.20. The molecule has 2 heterocycles. The standard InChI is InChI=1S/C19H21N5O/c1-12(18-22-16-4-2-3-5-17(16)23-18)21-19(25)14-8-6-13(7-9-14)15-10-11-20-24-15/h2-9,12,15,20,24H,10-11H2,1H3,(H,21,25)(H,22,23).